The van der Waals surface area contributed by atoms with Gasteiger partial charge in [-0.05, 0) is 30.9 Å². The molecule has 0 aliphatic heterocycles. The van der Waals surface area contributed by atoms with Crippen LogP contribution in [-0.2, 0) is 4.79 Å². The van der Waals surface area contributed by atoms with Crippen molar-refractivity contribution in [2.45, 2.75) is 25.8 Å². The Balaban J connectivity index is 2.04. The van der Waals surface area contributed by atoms with Gasteiger partial charge >= 0.3 is 0 Å². The molecule has 1 aromatic heterocycles. The Morgan fingerprint density at radius 2 is 2.36 bits per heavy atom. The van der Waals surface area contributed by atoms with Crippen LogP contribution in [0.2, 0.25) is 0 Å². The quantitative estimate of drug-likeness (QED) is 0.802. The van der Waals surface area contributed by atoms with Gasteiger partial charge in [-0.3, -0.25) is 4.79 Å². The Kier molecular flexibility index (Phi) is 2.56. The number of carbonyl (C=O) groups excluding carboxylic acids is 1. The number of hydrogen-bond donors (Lipinski definition) is 2. The van der Waals surface area contributed by atoms with Crippen molar-refractivity contribution >= 4 is 22.2 Å². The van der Waals surface area contributed by atoms with Crippen LogP contribution >= 0.6 is 11.3 Å². The van der Waals surface area contributed by atoms with Crippen molar-refractivity contribution in [3.63, 3.8) is 0 Å². The highest BCUT2D eigenvalue weighted by Crippen LogP contribution is 2.42. The van der Waals surface area contributed by atoms with E-state index in [9.17, 15) is 4.79 Å². The first-order valence-electron chi connectivity index (χ1n) is 4.79. The van der Waals surface area contributed by atoms with E-state index < -0.39 is 0 Å². The Labute approximate surface area is 87.3 Å². The number of thiophene rings is 1. The summed E-state index contributed by atoms with van der Waals surface area (Å²) >= 11 is 1.58. The molecule has 0 spiro atoms. The lowest BCUT2D eigenvalue weighted by Crippen LogP contribution is -2.10. The summed E-state index contributed by atoms with van der Waals surface area (Å²) in [6.07, 6.45) is 2.49. The molecule has 0 radical (unpaired) electrons. The fraction of sp³-hybridized carbons (Fsp3) is 0.500. The normalized spacial score (nSPS) is 17.9. The summed E-state index contributed by atoms with van der Waals surface area (Å²) in [6.45, 7) is 1.51. The Morgan fingerprint density at radius 3 is 2.93 bits per heavy atom. The average Bonchev–Trinajstić information content (AvgIpc) is 2.86. The minimum absolute atomic E-state index is 0.0293. The highest BCUT2D eigenvalue weighted by Gasteiger charge is 2.30. The molecule has 14 heavy (non-hydrogen) atoms. The first-order valence-corrected chi connectivity index (χ1v) is 5.61. The summed E-state index contributed by atoms with van der Waals surface area (Å²) in [5.41, 5.74) is 6.04. The highest BCUT2D eigenvalue weighted by molar-refractivity contribution is 7.16. The van der Waals surface area contributed by atoms with Crippen molar-refractivity contribution in [2.24, 2.45) is 11.7 Å². The van der Waals surface area contributed by atoms with Crippen molar-refractivity contribution in [3.8, 4) is 0 Å². The topological polar surface area (TPSA) is 55.1 Å². The van der Waals surface area contributed by atoms with E-state index in [0.717, 1.165) is 5.00 Å². The molecule has 3 nitrogen and oxygen atoms in total. The monoisotopic (exact) mass is 210 g/mol. The molecular formula is C10H14N2OS. The molecule has 1 aliphatic carbocycles. The largest absolute Gasteiger partial charge is 0.323 e. The van der Waals surface area contributed by atoms with Crippen molar-refractivity contribution in [2.75, 3.05) is 5.32 Å². The molecule has 1 atom stereocenters. The van der Waals surface area contributed by atoms with Gasteiger partial charge in [-0.25, -0.2) is 0 Å². The van der Waals surface area contributed by atoms with E-state index in [1.54, 1.807) is 11.3 Å². The third-order valence-electron chi connectivity index (χ3n) is 2.38. The molecule has 76 valence electrons. The van der Waals surface area contributed by atoms with Crippen LogP contribution < -0.4 is 11.1 Å². The number of nitrogens with one attached hydrogen (secondary N) is 1. The van der Waals surface area contributed by atoms with Gasteiger partial charge in [-0.2, -0.15) is 0 Å². The van der Waals surface area contributed by atoms with E-state index in [1.165, 1.54) is 24.6 Å². The van der Waals surface area contributed by atoms with Crippen LogP contribution in [0.1, 0.15) is 30.7 Å². The Morgan fingerprint density at radius 1 is 1.64 bits per heavy atom. The van der Waals surface area contributed by atoms with Crippen molar-refractivity contribution < 1.29 is 4.79 Å². The first kappa shape index (κ1) is 9.68. The molecule has 1 fully saturated rings. The lowest BCUT2D eigenvalue weighted by atomic mass is 10.2. The molecule has 1 aromatic rings. The Hall–Kier alpha value is -0.870. The predicted molar refractivity (Wildman–Crippen MR) is 58.3 cm³/mol. The molecule has 1 amide bonds. The van der Waals surface area contributed by atoms with Gasteiger partial charge in [0.25, 0.3) is 0 Å². The molecule has 4 heteroatoms. The molecular weight excluding hydrogens is 196 g/mol. The third kappa shape index (κ3) is 2.13. The second kappa shape index (κ2) is 3.71. The van der Waals surface area contributed by atoms with Crippen LogP contribution in [-0.4, -0.2) is 5.91 Å². The van der Waals surface area contributed by atoms with E-state index in [-0.39, 0.29) is 11.9 Å². The zero-order valence-corrected chi connectivity index (χ0v) is 8.93. The van der Waals surface area contributed by atoms with Gasteiger partial charge in [0, 0.05) is 17.8 Å². The van der Waals surface area contributed by atoms with Crippen molar-refractivity contribution in [1.82, 2.24) is 0 Å². The van der Waals surface area contributed by atoms with Crippen LogP contribution in [0.3, 0.4) is 0 Å². The summed E-state index contributed by atoms with van der Waals surface area (Å²) in [7, 11) is 0. The first-order chi connectivity index (χ1) is 6.66. The lowest BCUT2D eigenvalue weighted by molar-refractivity contribution is -0.114. The van der Waals surface area contributed by atoms with Gasteiger partial charge in [-0.1, -0.05) is 0 Å². The highest BCUT2D eigenvalue weighted by atomic mass is 32.1. The van der Waals surface area contributed by atoms with Crippen LogP contribution in [0.5, 0.6) is 0 Å². The predicted octanol–water partition coefficient (Wildman–Crippen LogP) is 2.12. The maximum atomic E-state index is 10.8. The van der Waals surface area contributed by atoms with Crippen LogP contribution in [0.25, 0.3) is 0 Å². The second-order valence-electron chi connectivity index (χ2n) is 3.75. The van der Waals surface area contributed by atoms with E-state index in [2.05, 4.69) is 5.32 Å². The maximum Gasteiger partial charge on any atom is 0.221 e. The summed E-state index contributed by atoms with van der Waals surface area (Å²) in [6, 6.07) is 4.10. The smallest absolute Gasteiger partial charge is 0.221 e. The maximum absolute atomic E-state index is 10.8. The molecule has 0 unspecified atom stereocenters. The van der Waals surface area contributed by atoms with E-state index in [4.69, 9.17) is 5.73 Å². The van der Waals surface area contributed by atoms with Gasteiger partial charge in [0.05, 0.1) is 5.00 Å². The molecule has 1 aliphatic rings. The van der Waals surface area contributed by atoms with Crippen molar-refractivity contribution in [3.05, 3.63) is 17.0 Å². The van der Waals surface area contributed by atoms with Gasteiger partial charge < -0.3 is 11.1 Å². The Bertz CT molecular complexity index is 344. The minimum Gasteiger partial charge on any atom is -0.323 e. The SMILES string of the molecule is CC(=O)Nc1ccc([C@H](N)C2CC2)s1. The molecule has 0 bridgehead atoms. The zero-order valence-electron chi connectivity index (χ0n) is 8.12. The lowest BCUT2D eigenvalue weighted by Gasteiger charge is -2.05. The standard InChI is InChI=1S/C10H14N2OS/c1-6(13)12-9-5-4-8(14-9)10(11)7-2-3-7/h4-5,7,10H,2-3,11H2,1H3,(H,12,13)/t10-/m1/s1. The summed E-state index contributed by atoms with van der Waals surface area (Å²) in [5, 5.41) is 3.66. The fourth-order valence-corrected chi connectivity index (χ4v) is 2.51. The average molecular weight is 210 g/mol. The number of hydrogen-bond acceptors (Lipinski definition) is 3. The van der Waals surface area contributed by atoms with Crippen LogP contribution in [0.15, 0.2) is 12.1 Å². The molecule has 1 saturated carbocycles. The molecule has 0 saturated heterocycles. The third-order valence-corrected chi connectivity index (χ3v) is 3.49. The van der Waals surface area contributed by atoms with E-state index in [0.29, 0.717) is 5.92 Å². The molecule has 1 heterocycles. The minimum atomic E-state index is -0.0293. The number of carbonyl (C=O) groups is 1. The number of nitrogens with two attached hydrogens (primary N) is 1. The van der Waals surface area contributed by atoms with E-state index >= 15 is 0 Å². The number of rotatable bonds is 3. The van der Waals surface area contributed by atoms with Gasteiger partial charge in [0.1, 0.15) is 0 Å². The van der Waals surface area contributed by atoms with E-state index in [1.807, 2.05) is 12.1 Å². The molecule has 3 N–H and O–H groups in total. The van der Waals surface area contributed by atoms with Gasteiger partial charge in [0.2, 0.25) is 5.91 Å². The zero-order chi connectivity index (χ0) is 10.1. The second-order valence-corrected chi connectivity index (χ2v) is 4.86. The summed E-state index contributed by atoms with van der Waals surface area (Å²) in [5.74, 6) is 0.636. The number of amides is 1. The number of anilines is 1. The van der Waals surface area contributed by atoms with Gasteiger partial charge in [-0.15, -0.1) is 11.3 Å². The molecule has 2 rings (SSSR count). The summed E-state index contributed by atoms with van der Waals surface area (Å²) in [4.78, 5) is 12.0. The van der Waals surface area contributed by atoms with Crippen molar-refractivity contribution in [1.29, 1.82) is 0 Å². The van der Waals surface area contributed by atoms with Crippen LogP contribution in [0.4, 0.5) is 5.00 Å². The molecule has 0 aromatic carbocycles. The van der Waals surface area contributed by atoms with Crippen LogP contribution in [0, 0.1) is 5.92 Å². The summed E-state index contributed by atoms with van der Waals surface area (Å²) < 4.78 is 0. The van der Waals surface area contributed by atoms with Gasteiger partial charge in [0.15, 0.2) is 0 Å². The fourth-order valence-electron chi connectivity index (χ4n) is 1.46.